The number of piperidine rings is 1. The van der Waals surface area contributed by atoms with Gasteiger partial charge in [0.25, 0.3) is 10.0 Å². The van der Waals surface area contributed by atoms with Crippen molar-refractivity contribution in [3.05, 3.63) is 52.4 Å². The highest BCUT2D eigenvalue weighted by Crippen LogP contribution is 2.24. The summed E-state index contributed by atoms with van der Waals surface area (Å²) in [6, 6.07) is 7.82. The van der Waals surface area contributed by atoms with E-state index in [0.29, 0.717) is 15.9 Å². The van der Waals surface area contributed by atoms with Gasteiger partial charge in [-0.2, -0.15) is 0 Å². The second-order valence-corrected chi connectivity index (χ2v) is 9.86. The Bertz CT molecular complexity index is 1210. The quantitative estimate of drug-likeness (QED) is 0.627. The van der Waals surface area contributed by atoms with Crippen LogP contribution in [0.2, 0.25) is 0 Å². The van der Waals surface area contributed by atoms with Crippen molar-refractivity contribution in [2.75, 3.05) is 17.8 Å². The number of aryl methyl sites for hydroxylation is 1. The zero-order valence-corrected chi connectivity index (χ0v) is 17.9. The maximum Gasteiger partial charge on any atom is 0.308 e. The number of amides is 1. The SMILES string of the molecule is O=C(CCn1c(=O)sc2cc(S(=O)(=O)Nc3cccnc3)ccc21)N1CCCCC1. The zero-order valence-electron chi connectivity index (χ0n) is 16.3. The van der Waals surface area contributed by atoms with Crippen LogP contribution in [-0.2, 0) is 21.4 Å². The van der Waals surface area contributed by atoms with E-state index >= 15 is 0 Å². The van der Waals surface area contributed by atoms with E-state index in [1.54, 1.807) is 29.0 Å². The molecule has 8 nitrogen and oxygen atoms in total. The van der Waals surface area contributed by atoms with E-state index in [-0.39, 0.29) is 28.6 Å². The Morgan fingerprint density at radius 1 is 1.17 bits per heavy atom. The lowest BCUT2D eigenvalue weighted by Crippen LogP contribution is -2.36. The van der Waals surface area contributed by atoms with E-state index in [2.05, 4.69) is 9.71 Å². The number of pyridine rings is 1. The largest absolute Gasteiger partial charge is 0.343 e. The second-order valence-electron chi connectivity index (χ2n) is 7.19. The third kappa shape index (κ3) is 4.39. The zero-order chi connectivity index (χ0) is 21.1. The number of rotatable bonds is 6. The third-order valence-electron chi connectivity index (χ3n) is 5.12. The smallest absolute Gasteiger partial charge is 0.308 e. The lowest BCUT2D eigenvalue weighted by molar-refractivity contribution is -0.132. The Labute approximate surface area is 178 Å². The van der Waals surface area contributed by atoms with Crippen LogP contribution in [0.5, 0.6) is 0 Å². The molecule has 0 bridgehead atoms. The summed E-state index contributed by atoms with van der Waals surface area (Å²) in [6.45, 7) is 1.85. The van der Waals surface area contributed by atoms with Crippen LogP contribution in [0.25, 0.3) is 10.2 Å². The number of carbonyl (C=O) groups is 1. The highest BCUT2D eigenvalue weighted by atomic mass is 32.2. The summed E-state index contributed by atoms with van der Waals surface area (Å²) in [5.74, 6) is 0.0563. The number of anilines is 1. The minimum absolute atomic E-state index is 0.0563. The molecule has 3 aromatic rings. The van der Waals surface area contributed by atoms with Gasteiger partial charge in [0.05, 0.1) is 27.0 Å². The van der Waals surface area contributed by atoms with Gasteiger partial charge in [-0.1, -0.05) is 11.3 Å². The molecule has 1 aliphatic heterocycles. The van der Waals surface area contributed by atoms with E-state index in [1.165, 1.54) is 18.3 Å². The van der Waals surface area contributed by atoms with Crippen molar-refractivity contribution in [2.45, 2.75) is 37.1 Å². The Morgan fingerprint density at radius 2 is 1.97 bits per heavy atom. The molecule has 4 rings (SSSR count). The minimum Gasteiger partial charge on any atom is -0.343 e. The summed E-state index contributed by atoms with van der Waals surface area (Å²) in [6.07, 6.45) is 6.44. The van der Waals surface area contributed by atoms with E-state index < -0.39 is 10.0 Å². The molecule has 0 atom stereocenters. The van der Waals surface area contributed by atoms with Gasteiger partial charge < -0.3 is 4.90 Å². The van der Waals surface area contributed by atoms with E-state index in [4.69, 9.17) is 0 Å². The van der Waals surface area contributed by atoms with Gasteiger partial charge in [-0.05, 0) is 49.6 Å². The number of carbonyl (C=O) groups excluding carboxylic acids is 1. The van der Waals surface area contributed by atoms with Crippen LogP contribution in [0.15, 0.2) is 52.4 Å². The Hall–Kier alpha value is -2.72. The fraction of sp³-hybridized carbons (Fsp3) is 0.350. The number of benzene rings is 1. The average molecular weight is 447 g/mol. The fourth-order valence-corrected chi connectivity index (χ4v) is 5.67. The molecule has 0 spiro atoms. The molecule has 1 N–H and O–H groups in total. The van der Waals surface area contributed by atoms with Gasteiger partial charge in [0.1, 0.15) is 0 Å². The number of likely N-dealkylation sites (tertiary alicyclic amines) is 1. The van der Waals surface area contributed by atoms with Gasteiger partial charge in [0.2, 0.25) is 5.91 Å². The van der Waals surface area contributed by atoms with Gasteiger partial charge >= 0.3 is 4.87 Å². The molecule has 1 saturated heterocycles. The molecule has 3 heterocycles. The van der Waals surface area contributed by atoms with Crippen LogP contribution >= 0.6 is 11.3 Å². The summed E-state index contributed by atoms with van der Waals surface area (Å²) in [5, 5.41) is 0. The van der Waals surface area contributed by atoms with Gasteiger partial charge in [-0.15, -0.1) is 0 Å². The molecular weight excluding hydrogens is 424 g/mol. The molecule has 1 amide bonds. The molecule has 0 unspecified atom stereocenters. The highest BCUT2D eigenvalue weighted by molar-refractivity contribution is 7.92. The number of hydrogen-bond donors (Lipinski definition) is 1. The van der Waals surface area contributed by atoms with Gasteiger partial charge in [0, 0.05) is 32.3 Å². The summed E-state index contributed by atoms with van der Waals surface area (Å²) < 4.78 is 29.9. The standard InChI is InChI=1S/C20H22N4O4S2/c25-19(23-10-2-1-3-11-23)8-12-24-17-7-6-16(13-18(17)29-20(24)26)30(27,28)22-15-5-4-9-21-14-15/h4-7,9,13-14,22H,1-3,8,10-12H2. The number of thiazole rings is 1. The van der Waals surface area contributed by atoms with Crippen molar-refractivity contribution in [2.24, 2.45) is 0 Å². The van der Waals surface area contributed by atoms with Crippen LogP contribution in [0.4, 0.5) is 5.69 Å². The predicted octanol–water partition coefficient (Wildman–Crippen LogP) is 2.66. The molecule has 0 aliphatic carbocycles. The molecule has 1 fully saturated rings. The number of hydrogen-bond acceptors (Lipinski definition) is 6. The fourth-order valence-electron chi connectivity index (χ4n) is 3.57. The van der Waals surface area contributed by atoms with Crippen molar-refractivity contribution in [1.29, 1.82) is 0 Å². The van der Waals surface area contributed by atoms with Gasteiger partial charge in [0.15, 0.2) is 0 Å². The number of fused-ring (bicyclic) bond motifs is 1. The summed E-state index contributed by atoms with van der Waals surface area (Å²) in [5.41, 5.74) is 0.997. The van der Waals surface area contributed by atoms with Gasteiger partial charge in [-0.3, -0.25) is 23.9 Å². The first-order valence-corrected chi connectivity index (χ1v) is 12.1. The van der Waals surface area contributed by atoms with Crippen LogP contribution in [-0.4, -0.2) is 41.9 Å². The highest BCUT2D eigenvalue weighted by Gasteiger charge is 2.19. The molecule has 0 saturated carbocycles. The van der Waals surface area contributed by atoms with Crippen molar-refractivity contribution in [1.82, 2.24) is 14.5 Å². The topological polar surface area (TPSA) is 101 Å². The second kappa shape index (κ2) is 8.57. The lowest BCUT2D eigenvalue weighted by atomic mass is 10.1. The summed E-state index contributed by atoms with van der Waals surface area (Å²) >= 11 is 0.981. The minimum atomic E-state index is -3.80. The predicted molar refractivity (Wildman–Crippen MR) is 116 cm³/mol. The molecule has 1 aromatic carbocycles. The van der Waals surface area contributed by atoms with Crippen molar-refractivity contribution in [3.63, 3.8) is 0 Å². The molecule has 30 heavy (non-hydrogen) atoms. The number of sulfonamides is 1. The monoisotopic (exact) mass is 446 g/mol. The van der Waals surface area contributed by atoms with Crippen LogP contribution in [0.3, 0.4) is 0 Å². The number of aromatic nitrogens is 2. The first kappa shape index (κ1) is 20.5. The van der Waals surface area contributed by atoms with Crippen molar-refractivity contribution in [3.8, 4) is 0 Å². The van der Waals surface area contributed by atoms with Crippen LogP contribution < -0.4 is 9.60 Å². The van der Waals surface area contributed by atoms with E-state index in [0.717, 1.165) is 43.7 Å². The van der Waals surface area contributed by atoms with E-state index in [9.17, 15) is 18.0 Å². The molecule has 0 radical (unpaired) electrons. The molecule has 1 aliphatic rings. The Balaban J connectivity index is 1.53. The Morgan fingerprint density at radius 3 is 2.70 bits per heavy atom. The number of nitrogens with zero attached hydrogens (tertiary/aromatic N) is 3. The van der Waals surface area contributed by atoms with Gasteiger partial charge in [-0.25, -0.2) is 8.42 Å². The van der Waals surface area contributed by atoms with Crippen LogP contribution in [0.1, 0.15) is 25.7 Å². The number of nitrogens with one attached hydrogen (secondary N) is 1. The first-order valence-electron chi connectivity index (χ1n) is 9.78. The molecule has 10 heteroatoms. The van der Waals surface area contributed by atoms with E-state index in [1.807, 2.05) is 4.90 Å². The van der Waals surface area contributed by atoms with Crippen molar-refractivity contribution >= 4 is 43.2 Å². The first-order chi connectivity index (χ1) is 14.4. The van der Waals surface area contributed by atoms with Crippen LogP contribution in [0, 0.1) is 0 Å². The summed E-state index contributed by atoms with van der Waals surface area (Å²) in [4.78, 5) is 30.5. The third-order valence-corrected chi connectivity index (χ3v) is 7.44. The summed E-state index contributed by atoms with van der Waals surface area (Å²) in [7, 11) is -3.80. The molecular formula is C20H22N4O4S2. The van der Waals surface area contributed by atoms with Crippen molar-refractivity contribution < 1.29 is 13.2 Å². The molecule has 158 valence electrons. The lowest BCUT2D eigenvalue weighted by Gasteiger charge is -2.26. The molecule has 2 aromatic heterocycles. The maximum atomic E-state index is 12.7. The Kier molecular flexibility index (Phi) is 5.87. The normalized spacial score (nSPS) is 14.7. The maximum absolute atomic E-state index is 12.7. The average Bonchev–Trinajstić information content (AvgIpc) is 3.07.